The number of rotatable bonds is 3. The van der Waals surface area contributed by atoms with Crippen molar-refractivity contribution in [2.75, 3.05) is 5.32 Å². The third-order valence-electron chi connectivity index (χ3n) is 2.21. The van der Waals surface area contributed by atoms with E-state index in [0.29, 0.717) is 11.9 Å². The Morgan fingerprint density at radius 3 is 2.82 bits per heavy atom. The lowest BCUT2D eigenvalue weighted by Crippen LogP contribution is -1.92. The Kier molecular flexibility index (Phi) is 3.69. The minimum Gasteiger partial charge on any atom is -0.406 e. The Labute approximate surface area is 113 Å². The van der Waals surface area contributed by atoms with Crippen molar-refractivity contribution in [3.05, 3.63) is 34.1 Å². The Bertz CT molecular complexity index is 527. The molecule has 4 nitrogen and oxygen atoms in total. The molecule has 17 heavy (non-hydrogen) atoms. The van der Waals surface area contributed by atoms with Crippen LogP contribution in [0.2, 0.25) is 0 Å². The lowest BCUT2D eigenvalue weighted by Gasteiger charge is -2.06. The van der Waals surface area contributed by atoms with Crippen molar-refractivity contribution in [3.63, 3.8) is 0 Å². The number of nitrogens with zero attached hydrogens (tertiary/aromatic N) is 2. The number of aromatic nitrogens is 2. The predicted molar refractivity (Wildman–Crippen MR) is 70.7 cm³/mol. The maximum absolute atomic E-state index is 5.84. The van der Waals surface area contributed by atoms with Gasteiger partial charge in [0, 0.05) is 4.47 Å². The summed E-state index contributed by atoms with van der Waals surface area (Å²) in [5, 5.41) is 10.5. The van der Waals surface area contributed by atoms with Gasteiger partial charge in [-0.05, 0) is 41.4 Å². The van der Waals surface area contributed by atoms with E-state index in [1.807, 2.05) is 25.1 Å². The summed E-state index contributed by atoms with van der Waals surface area (Å²) in [7, 11) is 0. The highest BCUT2D eigenvalue weighted by atomic mass is 79.9. The van der Waals surface area contributed by atoms with Crippen LogP contribution in [0.5, 0.6) is 0 Å². The number of alkyl halides is 1. The molecule has 0 spiro atoms. The van der Waals surface area contributed by atoms with E-state index in [1.54, 1.807) is 6.92 Å². The fourth-order valence-corrected chi connectivity index (χ4v) is 1.76. The Balaban J connectivity index is 2.22. The highest BCUT2D eigenvalue weighted by Gasteiger charge is 2.12. The van der Waals surface area contributed by atoms with Crippen LogP contribution in [0.4, 0.5) is 11.7 Å². The molecule has 0 radical (unpaired) electrons. The quantitative estimate of drug-likeness (QED) is 0.863. The minimum absolute atomic E-state index is 0.293. The first-order valence-electron chi connectivity index (χ1n) is 5.07. The molecule has 1 aromatic carbocycles. The van der Waals surface area contributed by atoms with Crippen LogP contribution in [0.3, 0.4) is 0 Å². The molecule has 1 aromatic heterocycles. The minimum atomic E-state index is -0.293. The van der Waals surface area contributed by atoms with Crippen molar-refractivity contribution >= 4 is 39.2 Å². The highest BCUT2D eigenvalue weighted by Crippen LogP contribution is 2.29. The fourth-order valence-electron chi connectivity index (χ4n) is 1.31. The van der Waals surface area contributed by atoms with E-state index in [4.69, 9.17) is 16.0 Å². The van der Waals surface area contributed by atoms with Crippen molar-refractivity contribution in [2.45, 2.75) is 19.2 Å². The summed E-state index contributed by atoms with van der Waals surface area (Å²) in [6.45, 7) is 3.79. The first kappa shape index (κ1) is 12.4. The molecule has 0 saturated heterocycles. The highest BCUT2D eigenvalue weighted by molar-refractivity contribution is 9.10. The third-order valence-corrected chi connectivity index (χ3v) is 3.45. The normalized spacial score (nSPS) is 12.5. The number of anilines is 2. The van der Waals surface area contributed by atoms with E-state index in [1.165, 1.54) is 0 Å². The zero-order chi connectivity index (χ0) is 12.4. The molecular weight excluding hydrogens is 305 g/mol. The van der Waals surface area contributed by atoms with Crippen LogP contribution in [-0.4, -0.2) is 10.2 Å². The number of hydrogen-bond acceptors (Lipinski definition) is 4. The molecule has 0 aliphatic rings. The van der Waals surface area contributed by atoms with Crippen molar-refractivity contribution in [3.8, 4) is 0 Å². The summed E-state index contributed by atoms with van der Waals surface area (Å²) < 4.78 is 6.33. The monoisotopic (exact) mass is 315 g/mol. The Morgan fingerprint density at radius 1 is 1.41 bits per heavy atom. The maximum Gasteiger partial charge on any atom is 0.320 e. The topological polar surface area (TPSA) is 51.0 Å². The molecule has 0 bridgehead atoms. The molecule has 2 aromatic rings. The molecule has 6 heteroatoms. The summed E-state index contributed by atoms with van der Waals surface area (Å²) in [4.78, 5) is 0. The molecule has 0 aliphatic carbocycles. The fraction of sp³-hybridized carbons (Fsp3) is 0.273. The molecule has 0 fully saturated rings. The van der Waals surface area contributed by atoms with E-state index >= 15 is 0 Å². The first-order valence-corrected chi connectivity index (χ1v) is 6.30. The summed E-state index contributed by atoms with van der Waals surface area (Å²) >= 11 is 9.34. The third kappa shape index (κ3) is 2.79. The van der Waals surface area contributed by atoms with Crippen molar-refractivity contribution in [1.82, 2.24) is 10.2 Å². The van der Waals surface area contributed by atoms with Crippen LogP contribution >= 0.6 is 27.5 Å². The second-order valence-electron chi connectivity index (χ2n) is 3.62. The van der Waals surface area contributed by atoms with Gasteiger partial charge in [0.15, 0.2) is 0 Å². The van der Waals surface area contributed by atoms with Gasteiger partial charge in [0.05, 0.1) is 5.69 Å². The smallest absolute Gasteiger partial charge is 0.320 e. The lowest BCUT2D eigenvalue weighted by atomic mass is 10.2. The lowest BCUT2D eigenvalue weighted by molar-refractivity contribution is 0.510. The van der Waals surface area contributed by atoms with Crippen molar-refractivity contribution < 1.29 is 4.42 Å². The van der Waals surface area contributed by atoms with Crippen molar-refractivity contribution in [2.24, 2.45) is 0 Å². The van der Waals surface area contributed by atoms with Gasteiger partial charge in [-0.1, -0.05) is 17.2 Å². The van der Waals surface area contributed by atoms with Crippen LogP contribution in [0.25, 0.3) is 0 Å². The van der Waals surface area contributed by atoms with E-state index in [9.17, 15) is 0 Å². The molecule has 1 unspecified atom stereocenters. The summed E-state index contributed by atoms with van der Waals surface area (Å²) in [6.07, 6.45) is 0. The molecule has 0 aliphatic heterocycles. The Morgan fingerprint density at radius 2 is 2.18 bits per heavy atom. The molecular formula is C11H11BrClN3O. The molecule has 1 heterocycles. The van der Waals surface area contributed by atoms with Gasteiger partial charge in [-0.2, -0.15) is 0 Å². The number of benzene rings is 1. The largest absolute Gasteiger partial charge is 0.406 e. The maximum atomic E-state index is 5.84. The zero-order valence-corrected chi connectivity index (χ0v) is 11.7. The number of nitrogens with one attached hydrogen (secondary N) is 1. The summed E-state index contributed by atoms with van der Waals surface area (Å²) in [5.74, 6) is 0.401. The van der Waals surface area contributed by atoms with E-state index < -0.39 is 0 Å². The van der Waals surface area contributed by atoms with Crippen LogP contribution in [0.15, 0.2) is 27.1 Å². The van der Waals surface area contributed by atoms with Gasteiger partial charge in [0.2, 0.25) is 5.89 Å². The second-order valence-corrected chi connectivity index (χ2v) is 5.07. The molecule has 0 saturated carbocycles. The van der Waals surface area contributed by atoms with E-state index in [0.717, 1.165) is 15.7 Å². The molecule has 1 N–H and O–H groups in total. The Hall–Kier alpha value is -1.07. The van der Waals surface area contributed by atoms with Gasteiger partial charge in [0.25, 0.3) is 0 Å². The number of aryl methyl sites for hydroxylation is 1. The average molecular weight is 317 g/mol. The molecule has 0 amide bonds. The van der Waals surface area contributed by atoms with Gasteiger partial charge >= 0.3 is 6.01 Å². The van der Waals surface area contributed by atoms with Crippen LogP contribution < -0.4 is 5.32 Å². The average Bonchev–Trinajstić information content (AvgIpc) is 2.73. The summed E-state index contributed by atoms with van der Waals surface area (Å²) in [5.41, 5.74) is 2.00. The van der Waals surface area contributed by atoms with Gasteiger partial charge < -0.3 is 9.73 Å². The SMILES string of the molecule is Cc1cccc(Nc2nnc(C(C)Cl)o2)c1Br. The molecule has 90 valence electrons. The standard InChI is InChI=1S/C11H11BrClN3O/c1-6-4-3-5-8(9(6)12)14-11-16-15-10(17-11)7(2)13/h3-5,7H,1-2H3,(H,14,16). The summed E-state index contributed by atoms with van der Waals surface area (Å²) in [6, 6.07) is 6.21. The first-order chi connectivity index (χ1) is 8.08. The van der Waals surface area contributed by atoms with Crippen molar-refractivity contribution in [1.29, 1.82) is 0 Å². The predicted octanol–water partition coefficient (Wildman–Crippen LogP) is 4.18. The van der Waals surface area contributed by atoms with Crippen LogP contribution in [-0.2, 0) is 0 Å². The van der Waals surface area contributed by atoms with Gasteiger partial charge in [-0.25, -0.2) is 0 Å². The number of hydrogen-bond donors (Lipinski definition) is 1. The zero-order valence-electron chi connectivity index (χ0n) is 9.37. The molecule has 2 rings (SSSR count). The molecule has 1 atom stereocenters. The van der Waals surface area contributed by atoms with Gasteiger partial charge in [0.1, 0.15) is 5.38 Å². The van der Waals surface area contributed by atoms with E-state index in [-0.39, 0.29) is 5.38 Å². The van der Waals surface area contributed by atoms with Crippen LogP contribution in [0.1, 0.15) is 23.8 Å². The second kappa shape index (κ2) is 5.06. The van der Waals surface area contributed by atoms with Gasteiger partial charge in [-0.15, -0.1) is 16.7 Å². The number of halogens is 2. The van der Waals surface area contributed by atoms with E-state index in [2.05, 4.69) is 31.4 Å². The van der Waals surface area contributed by atoms with Gasteiger partial charge in [-0.3, -0.25) is 0 Å². The van der Waals surface area contributed by atoms with Crippen LogP contribution in [0, 0.1) is 6.92 Å².